The summed E-state index contributed by atoms with van der Waals surface area (Å²) in [5.41, 5.74) is 0.249. The van der Waals surface area contributed by atoms with E-state index in [0.717, 1.165) is 13.0 Å². The number of unbranched alkanes of at least 4 members (excludes halogenated alkanes) is 1. The van der Waals surface area contributed by atoms with Crippen LogP contribution < -0.4 is 4.57 Å². The highest BCUT2D eigenvalue weighted by molar-refractivity contribution is 5.71. The molecule has 1 rings (SSSR count). The van der Waals surface area contributed by atoms with E-state index >= 15 is 0 Å². The molecule has 0 saturated heterocycles. The Morgan fingerprint density at radius 1 is 1.20 bits per heavy atom. The number of hydrogen-bond donors (Lipinski definition) is 0. The fraction of sp³-hybridized carbons (Fsp3) is 0.214. The number of pyridine rings is 1. The smallest absolute Gasteiger partial charge is 0.186 e. The fourth-order valence-corrected chi connectivity index (χ4v) is 1.14. The molecule has 0 saturated carbocycles. The predicted molar refractivity (Wildman–Crippen MR) is 69.3 cm³/mol. The van der Waals surface area contributed by atoms with Crippen molar-refractivity contribution >= 4 is 5.87 Å². The lowest BCUT2D eigenvalue weighted by Crippen LogP contribution is -2.32. The van der Waals surface area contributed by atoms with E-state index in [-0.39, 0.29) is 0 Å². The highest BCUT2D eigenvalue weighted by atomic mass is 14.9. The second-order valence-electron chi connectivity index (χ2n) is 3.41. The standard InChI is InChI=1S/C10H10N3.C4N3/c11-5-1-2-6-13-7-3-4-10(8-12)9-13;5-1-4(2-6)3-7/h3-4,7,9H,1-2,6H2;/q+1;-1. The van der Waals surface area contributed by atoms with Crippen molar-refractivity contribution in [2.24, 2.45) is 0 Å². The average molecular weight is 262 g/mol. The minimum Gasteiger partial charge on any atom is -0.762 e. The van der Waals surface area contributed by atoms with Crippen molar-refractivity contribution in [3.63, 3.8) is 0 Å². The van der Waals surface area contributed by atoms with E-state index in [9.17, 15) is 0 Å². The van der Waals surface area contributed by atoms with E-state index < -0.39 is 5.57 Å². The normalized spacial score (nSPS) is 7.40. The minimum atomic E-state index is -0.403. The summed E-state index contributed by atoms with van der Waals surface area (Å²) in [6, 6.07) is 10.6. The molecule has 0 fully saturated rings. The lowest BCUT2D eigenvalue weighted by molar-refractivity contribution is -0.697. The maximum atomic E-state index is 8.62. The zero-order valence-electron chi connectivity index (χ0n) is 10.6. The third-order valence-corrected chi connectivity index (χ3v) is 2.03. The summed E-state index contributed by atoms with van der Waals surface area (Å²) in [5, 5.41) is 40.3. The first-order valence-corrected chi connectivity index (χ1v) is 5.55. The van der Waals surface area contributed by atoms with Gasteiger partial charge in [-0.15, -0.1) is 0 Å². The van der Waals surface area contributed by atoms with Crippen molar-refractivity contribution in [1.29, 1.82) is 21.0 Å². The third-order valence-electron chi connectivity index (χ3n) is 2.03. The SMILES string of the molecule is N#CC(=C=[N-])C#N.N#CCCC[n+]1cccc(C#N)c1. The Hall–Kier alpha value is -3.44. The first-order valence-electron chi connectivity index (χ1n) is 5.55. The molecule has 0 spiro atoms. The van der Waals surface area contributed by atoms with Crippen molar-refractivity contribution in [2.45, 2.75) is 19.4 Å². The van der Waals surface area contributed by atoms with Crippen LogP contribution in [0.4, 0.5) is 0 Å². The van der Waals surface area contributed by atoms with Gasteiger partial charge in [-0.25, -0.2) is 10.4 Å². The van der Waals surface area contributed by atoms with Gasteiger partial charge >= 0.3 is 0 Å². The zero-order chi connectivity index (χ0) is 15.2. The molecule has 0 unspecified atom stereocenters. The van der Waals surface area contributed by atoms with Crippen LogP contribution in [0.15, 0.2) is 30.1 Å². The van der Waals surface area contributed by atoms with Gasteiger partial charge in [0, 0.05) is 18.9 Å². The first kappa shape index (κ1) is 16.6. The molecule has 0 atom stereocenters. The van der Waals surface area contributed by atoms with Crippen molar-refractivity contribution in [2.75, 3.05) is 0 Å². The van der Waals surface area contributed by atoms with Gasteiger partial charge in [0.2, 0.25) is 0 Å². The van der Waals surface area contributed by atoms with Crippen LogP contribution in [0.5, 0.6) is 0 Å². The Kier molecular flexibility index (Phi) is 8.86. The topological polar surface area (TPSA) is 121 Å². The Morgan fingerprint density at radius 2 is 1.90 bits per heavy atom. The van der Waals surface area contributed by atoms with Crippen molar-refractivity contribution in [3.8, 4) is 24.3 Å². The Labute approximate surface area is 117 Å². The molecule has 0 N–H and O–H groups in total. The first-order chi connectivity index (χ1) is 9.71. The minimum absolute atomic E-state index is 0.403. The number of nitrogens with zero attached hydrogens (tertiary/aromatic N) is 6. The molecule has 0 aliphatic heterocycles. The van der Waals surface area contributed by atoms with Crippen LogP contribution in [0.25, 0.3) is 5.41 Å². The van der Waals surface area contributed by atoms with Gasteiger partial charge in [0.1, 0.15) is 35.9 Å². The Balaban J connectivity index is 0.000000441. The maximum absolute atomic E-state index is 8.62. The predicted octanol–water partition coefficient (Wildman–Crippen LogP) is 1.35. The summed E-state index contributed by atoms with van der Waals surface area (Å²) in [7, 11) is 0. The van der Waals surface area contributed by atoms with Gasteiger partial charge in [0.05, 0.1) is 6.07 Å². The second kappa shape index (κ2) is 10.7. The van der Waals surface area contributed by atoms with E-state index in [2.05, 4.69) is 12.1 Å². The quantitative estimate of drug-likeness (QED) is 0.353. The molecule has 0 aromatic carbocycles. The van der Waals surface area contributed by atoms with Gasteiger partial charge in [-0.2, -0.15) is 21.0 Å². The molecule has 0 amide bonds. The fourth-order valence-electron chi connectivity index (χ4n) is 1.14. The van der Waals surface area contributed by atoms with E-state index in [1.807, 2.05) is 16.8 Å². The Bertz CT molecular complexity index is 641. The molecule has 20 heavy (non-hydrogen) atoms. The van der Waals surface area contributed by atoms with Crippen molar-refractivity contribution in [3.05, 3.63) is 41.1 Å². The van der Waals surface area contributed by atoms with Crippen LogP contribution in [-0.2, 0) is 6.54 Å². The summed E-state index contributed by atoms with van der Waals surface area (Å²) in [4.78, 5) is 0. The molecule has 1 aromatic heterocycles. The van der Waals surface area contributed by atoms with Crippen LogP contribution >= 0.6 is 0 Å². The molecule has 0 radical (unpaired) electrons. The summed E-state index contributed by atoms with van der Waals surface area (Å²) in [6.07, 6.45) is 5.08. The van der Waals surface area contributed by atoms with Gasteiger partial charge in [-0.3, -0.25) is 0 Å². The average Bonchev–Trinajstić information content (AvgIpc) is 2.50. The molecule has 6 nitrogen and oxygen atoms in total. The number of rotatable bonds is 3. The molecule has 0 aliphatic rings. The van der Waals surface area contributed by atoms with Crippen molar-refractivity contribution in [1.82, 2.24) is 0 Å². The van der Waals surface area contributed by atoms with Crippen LogP contribution in [-0.4, -0.2) is 5.87 Å². The molecule has 6 heteroatoms. The molecule has 0 aliphatic carbocycles. The van der Waals surface area contributed by atoms with E-state index in [4.69, 9.17) is 26.5 Å². The second-order valence-corrected chi connectivity index (χ2v) is 3.41. The summed E-state index contributed by atoms with van der Waals surface area (Å²) >= 11 is 0. The van der Waals surface area contributed by atoms with E-state index in [1.165, 1.54) is 18.0 Å². The van der Waals surface area contributed by atoms with Crippen molar-refractivity contribution < 1.29 is 4.57 Å². The van der Waals surface area contributed by atoms with Gasteiger partial charge in [-0.1, -0.05) is 0 Å². The maximum Gasteiger partial charge on any atom is 0.186 e. The Morgan fingerprint density at radius 3 is 2.35 bits per heavy atom. The van der Waals surface area contributed by atoms with Gasteiger partial charge < -0.3 is 5.41 Å². The number of allylic oxidation sites excluding steroid dienone is 1. The number of aromatic nitrogens is 1. The van der Waals surface area contributed by atoms with Crippen LogP contribution in [0.3, 0.4) is 0 Å². The van der Waals surface area contributed by atoms with E-state index in [1.54, 1.807) is 12.3 Å². The number of nitriles is 4. The van der Waals surface area contributed by atoms with Crippen LogP contribution in [0, 0.1) is 45.3 Å². The van der Waals surface area contributed by atoms with Gasteiger partial charge in [0.15, 0.2) is 12.4 Å². The number of aryl methyl sites for hydroxylation is 1. The van der Waals surface area contributed by atoms with Crippen LogP contribution in [0.1, 0.15) is 18.4 Å². The molecule has 1 heterocycles. The van der Waals surface area contributed by atoms with E-state index in [0.29, 0.717) is 12.0 Å². The molecule has 96 valence electrons. The number of hydrogen-bond acceptors (Lipinski definition) is 4. The monoisotopic (exact) mass is 262 g/mol. The highest BCUT2D eigenvalue weighted by Crippen LogP contribution is 1.92. The largest absolute Gasteiger partial charge is 0.762 e. The van der Waals surface area contributed by atoms with Gasteiger partial charge in [-0.05, 0) is 6.07 Å². The zero-order valence-corrected chi connectivity index (χ0v) is 10.6. The third kappa shape index (κ3) is 7.00. The summed E-state index contributed by atoms with van der Waals surface area (Å²) < 4.78 is 1.93. The lowest BCUT2D eigenvalue weighted by Gasteiger charge is -1.93. The molecular formula is C14H10N6. The highest BCUT2D eigenvalue weighted by Gasteiger charge is 2.00. The molecule has 1 aromatic rings. The van der Waals surface area contributed by atoms with Crippen LogP contribution in [0.2, 0.25) is 0 Å². The molecule has 0 bridgehead atoms. The lowest BCUT2D eigenvalue weighted by atomic mass is 10.3. The summed E-state index contributed by atoms with van der Waals surface area (Å²) in [5.74, 6) is 1.40. The van der Waals surface area contributed by atoms with Gasteiger partial charge in [0.25, 0.3) is 0 Å². The summed E-state index contributed by atoms with van der Waals surface area (Å²) in [6.45, 7) is 0.795. The molecular weight excluding hydrogens is 252 g/mol.